The number of benzene rings is 1. The maximum absolute atomic E-state index is 12.1. The molecule has 0 aromatic heterocycles. The first-order valence-corrected chi connectivity index (χ1v) is 10.9. The van der Waals surface area contributed by atoms with Crippen LogP contribution in [0.25, 0.3) is 0 Å². The van der Waals surface area contributed by atoms with Crippen LogP contribution in [0.4, 0.5) is 4.79 Å². The maximum Gasteiger partial charge on any atom is 0.409 e. The number of guanidine groups is 1. The highest BCUT2D eigenvalue weighted by Crippen LogP contribution is 2.19. The van der Waals surface area contributed by atoms with Gasteiger partial charge in [-0.05, 0) is 25.8 Å². The number of hydrogen-bond donors (Lipinski definition) is 2. The van der Waals surface area contributed by atoms with Gasteiger partial charge in [0, 0.05) is 38.8 Å². The molecule has 0 aliphatic carbocycles. The molecule has 10 heteroatoms. The van der Waals surface area contributed by atoms with E-state index in [9.17, 15) is 9.59 Å². The van der Waals surface area contributed by atoms with Crippen molar-refractivity contribution in [2.45, 2.75) is 32.4 Å². The van der Waals surface area contributed by atoms with Gasteiger partial charge >= 0.3 is 6.09 Å². The third-order valence-corrected chi connectivity index (χ3v) is 5.00. The number of para-hydroxylation sites is 1. The normalized spacial score (nSPS) is 14.0. The summed E-state index contributed by atoms with van der Waals surface area (Å²) < 4.78 is 10.8. The summed E-state index contributed by atoms with van der Waals surface area (Å²) in [6.07, 6.45) is 2.95. The van der Waals surface area contributed by atoms with Crippen LogP contribution in [0.3, 0.4) is 0 Å². The van der Waals surface area contributed by atoms with Gasteiger partial charge in [-0.25, -0.2) is 9.79 Å². The first-order chi connectivity index (χ1) is 15.4. The summed E-state index contributed by atoms with van der Waals surface area (Å²) in [5.41, 5.74) is 0.937. The lowest BCUT2D eigenvalue weighted by Crippen LogP contribution is -2.51. The van der Waals surface area contributed by atoms with E-state index in [0.717, 1.165) is 24.2 Å². The minimum absolute atomic E-state index is 0. The highest BCUT2D eigenvalue weighted by atomic mass is 127. The highest BCUT2D eigenvalue weighted by Gasteiger charge is 2.24. The van der Waals surface area contributed by atoms with Crippen molar-refractivity contribution >= 4 is 41.9 Å². The molecular weight excluding hydrogens is 537 g/mol. The number of likely N-dealkylation sites (N-methyl/N-ethyl adjacent to an activating group) is 1. The number of ether oxygens (including phenoxy) is 2. The molecule has 1 fully saturated rings. The van der Waals surface area contributed by atoms with Crippen molar-refractivity contribution < 1.29 is 19.1 Å². The topological polar surface area (TPSA) is 95.5 Å². The zero-order chi connectivity index (χ0) is 23.3. The van der Waals surface area contributed by atoms with E-state index in [4.69, 9.17) is 9.47 Å². The minimum Gasteiger partial charge on any atom is -0.489 e. The van der Waals surface area contributed by atoms with E-state index < -0.39 is 0 Å². The van der Waals surface area contributed by atoms with Gasteiger partial charge in [-0.1, -0.05) is 30.9 Å². The lowest BCUT2D eigenvalue weighted by Gasteiger charge is -2.32. The number of aliphatic imine (C=N–C) groups is 1. The van der Waals surface area contributed by atoms with Crippen molar-refractivity contribution in [1.82, 2.24) is 20.4 Å². The Morgan fingerprint density at radius 2 is 1.97 bits per heavy atom. The fourth-order valence-corrected chi connectivity index (χ4v) is 3.17. The summed E-state index contributed by atoms with van der Waals surface area (Å²) in [6, 6.07) is 7.84. The van der Waals surface area contributed by atoms with Crippen molar-refractivity contribution in [3.8, 4) is 5.75 Å². The van der Waals surface area contributed by atoms with Gasteiger partial charge in [0.25, 0.3) is 0 Å². The van der Waals surface area contributed by atoms with Crippen LogP contribution in [0.15, 0.2) is 41.9 Å². The minimum atomic E-state index is -0.273. The van der Waals surface area contributed by atoms with Gasteiger partial charge in [0.15, 0.2) is 5.96 Å². The third-order valence-electron chi connectivity index (χ3n) is 5.00. The van der Waals surface area contributed by atoms with Crippen LogP contribution in [-0.4, -0.2) is 80.7 Å². The molecule has 33 heavy (non-hydrogen) atoms. The van der Waals surface area contributed by atoms with Crippen LogP contribution < -0.4 is 15.4 Å². The van der Waals surface area contributed by atoms with Crippen LogP contribution in [0.1, 0.15) is 25.3 Å². The zero-order valence-electron chi connectivity index (χ0n) is 19.7. The molecule has 2 rings (SSSR count). The Kier molecular flexibility index (Phi) is 13.3. The number of likely N-dealkylation sites (tertiary alicyclic amines) is 1. The van der Waals surface area contributed by atoms with E-state index in [1.165, 1.54) is 4.90 Å². The lowest BCUT2D eigenvalue weighted by atomic mass is 10.1. The second-order valence-electron chi connectivity index (χ2n) is 7.62. The van der Waals surface area contributed by atoms with Crippen LogP contribution >= 0.6 is 24.0 Å². The van der Waals surface area contributed by atoms with Gasteiger partial charge in [-0.15, -0.1) is 24.0 Å². The van der Waals surface area contributed by atoms with Gasteiger partial charge in [0.2, 0.25) is 5.91 Å². The fraction of sp³-hybridized carbons (Fsp3) is 0.522. The van der Waals surface area contributed by atoms with E-state index in [-0.39, 0.29) is 48.6 Å². The summed E-state index contributed by atoms with van der Waals surface area (Å²) >= 11 is 0. The predicted molar refractivity (Wildman–Crippen MR) is 140 cm³/mol. The number of piperidine rings is 1. The van der Waals surface area contributed by atoms with Gasteiger partial charge in [0.1, 0.15) is 12.4 Å². The molecule has 1 saturated heterocycles. The first-order valence-electron chi connectivity index (χ1n) is 10.9. The quantitative estimate of drug-likeness (QED) is 0.204. The predicted octanol–water partition coefficient (Wildman–Crippen LogP) is 2.61. The number of halogens is 1. The van der Waals surface area contributed by atoms with Gasteiger partial charge in [0.05, 0.1) is 19.7 Å². The Balaban J connectivity index is 0.00000544. The molecule has 2 N–H and O–H groups in total. The van der Waals surface area contributed by atoms with Gasteiger partial charge in [-0.2, -0.15) is 0 Å². The van der Waals surface area contributed by atoms with Crippen LogP contribution in [0.2, 0.25) is 0 Å². The van der Waals surface area contributed by atoms with Crippen molar-refractivity contribution in [2.24, 2.45) is 4.99 Å². The molecular formula is C23H36IN5O4. The smallest absolute Gasteiger partial charge is 0.409 e. The summed E-state index contributed by atoms with van der Waals surface area (Å²) in [5.74, 6) is 1.25. The summed E-state index contributed by atoms with van der Waals surface area (Å²) in [6.45, 7) is 8.02. The molecule has 1 aliphatic rings. The molecule has 0 unspecified atom stereocenters. The zero-order valence-corrected chi connectivity index (χ0v) is 22.0. The van der Waals surface area contributed by atoms with Crippen LogP contribution in [-0.2, 0) is 16.1 Å². The Hall–Kier alpha value is -2.50. The van der Waals surface area contributed by atoms with E-state index in [2.05, 4.69) is 22.2 Å². The molecule has 2 amide bonds. The van der Waals surface area contributed by atoms with Crippen LogP contribution in [0.5, 0.6) is 5.75 Å². The maximum atomic E-state index is 12.1. The molecule has 0 radical (unpaired) electrons. The van der Waals surface area contributed by atoms with E-state index >= 15 is 0 Å². The second-order valence-corrected chi connectivity index (χ2v) is 7.62. The molecule has 1 heterocycles. The second kappa shape index (κ2) is 15.4. The number of carbonyl (C=O) groups is 2. The monoisotopic (exact) mass is 573 g/mol. The molecule has 1 aromatic carbocycles. The van der Waals surface area contributed by atoms with Crippen molar-refractivity contribution in [3.05, 3.63) is 42.5 Å². The third kappa shape index (κ3) is 9.89. The standard InChI is InChI=1S/C23H35N5O4.HI/c1-5-15-32-20-10-8-7-9-18(20)16-24-22(25-17-21(29)27(3)4)26-19-11-13-28(14-12-19)23(30)31-6-2;/h5,7-10,19H,1,6,11-17H2,2-4H3,(H2,24,25,26);1H. The van der Waals surface area contributed by atoms with Gasteiger partial charge in [-0.3, -0.25) is 4.79 Å². The number of amides is 2. The Bertz CT molecular complexity index is 795. The first kappa shape index (κ1) is 28.5. The lowest BCUT2D eigenvalue weighted by molar-refractivity contribution is -0.127. The average molecular weight is 573 g/mol. The molecule has 1 aromatic rings. The van der Waals surface area contributed by atoms with Crippen molar-refractivity contribution in [1.29, 1.82) is 0 Å². The number of hydrogen-bond acceptors (Lipinski definition) is 5. The van der Waals surface area contributed by atoms with E-state index in [0.29, 0.717) is 38.8 Å². The molecule has 0 saturated carbocycles. The Morgan fingerprint density at radius 3 is 2.61 bits per heavy atom. The Labute approximate surface area is 213 Å². The summed E-state index contributed by atoms with van der Waals surface area (Å²) in [7, 11) is 3.43. The number of carbonyl (C=O) groups excluding carboxylic acids is 2. The van der Waals surface area contributed by atoms with Gasteiger partial charge < -0.3 is 29.9 Å². The number of nitrogens with zero attached hydrogens (tertiary/aromatic N) is 3. The molecule has 184 valence electrons. The van der Waals surface area contributed by atoms with E-state index in [1.807, 2.05) is 24.3 Å². The fourth-order valence-electron chi connectivity index (χ4n) is 3.17. The van der Waals surface area contributed by atoms with Crippen LogP contribution in [0, 0.1) is 0 Å². The summed E-state index contributed by atoms with van der Waals surface area (Å²) in [4.78, 5) is 31.9. The number of nitrogens with one attached hydrogen (secondary N) is 2. The summed E-state index contributed by atoms with van der Waals surface area (Å²) in [5, 5.41) is 6.53. The molecule has 0 bridgehead atoms. The largest absolute Gasteiger partial charge is 0.489 e. The number of rotatable bonds is 9. The Morgan fingerprint density at radius 1 is 1.27 bits per heavy atom. The molecule has 0 atom stereocenters. The van der Waals surface area contributed by atoms with Crippen molar-refractivity contribution in [2.75, 3.05) is 46.9 Å². The molecule has 9 nitrogen and oxygen atoms in total. The highest BCUT2D eigenvalue weighted by molar-refractivity contribution is 14.0. The SMILES string of the molecule is C=CCOc1ccccc1CN=C(NCC(=O)N(C)C)NC1CCN(C(=O)OCC)CC1.I. The molecule has 1 aliphatic heterocycles. The van der Waals surface area contributed by atoms with Crippen molar-refractivity contribution in [3.63, 3.8) is 0 Å². The average Bonchev–Trinajstić information content (AvgIpc) is 2.80. The van der Waals surface area contributed by atoms with E-state index in [1.54, 1.807) is 32.0 Å². The molecule has 0 spiro atoms.